The Labute approximate surface area is 180 Å². The maximum Gasteiger partial charge on any atom is 0.261 e. The van der Waals surface area contributed by atoms with Crippen molar-refractivity contribution in [1.29, 1.82) is 0 Å². The van der Waals surface area contributed by atoms with E-state index in [0.717, 1.165) is 27.0 Å². The van der Waals surface area contributed by atoms with E-state index in [4.69, 9.17) is 23.2 Å². The van der Waals surface area contributed by atoms with E-state index < -0.39 is 0 Å². The van der Waals surface area contributed by atoms with Gasteiger partial charge in [-0.1, -0.05) is 35.3 Å². The number of H-pyrrole nitrogens is 1. The monoisotopic (exact) mass is 446 g/mol. The fraction of sp³-hybridized carbons (Fsp3) is 0.150. The van der Waals surface area contributed by atoms with E-state index in [0.29, 0.717) is 28.0 Å². The lowest BCUT2D eigenvalue weighted by molar-refractivity contribution is 0.0955. The van der Waals surface area contributed by atoms with Gasteiger partial charge in [0.2, 0.25) is 5.56 Å². The van der Waals surface area contributed by atoms with E-state index in [1.54, 1.807) is 30.5 Å². The van der Waals surface area contributed by atoms with Crippen molar-refractivity contribution < 1.29 is 4.79 Å². The van der Waals surface area contributed by atoms with Gasteiger partial charge in [0.15, 0.2) is 0 Å². The van der Waals surface area contributed by atoms with E-state index in [1.165, 1.54) is 17.4 Å². The largest absolute Gasteiger partial charge is 0.347 e. The normalized spacial score (nSPS) is 11.1. The molecule has 0 aliphatic rings. The summed E-state index contributed by atoms with van der Waals surface area (Å²) >= 11 is 14.0. The number of pyridine rings is 1. The number of carbonyl (C=O) groups excluding carboxylic acids is 1. The van der Waals surface area contributed by atoms with Crippen molar-refractivity contribution in [2.24, 2.45) is 0 Å². The van der Waals surface area contributed by atoms with E-state index in [2.05, 4.69) is 15.4 Å². The number of aryl methyl sites for hydroxylation is 1. The Morgan fingerprint density at radius 3 is 2.69 bits per heavy atom. The molecule has 2 N–H and O–H groups in total. The Balaban J connectivity index is 1.57. The number of halogens is 2. The first-order chi connectivity index (χ1) is 13.9. The SMILES string of the molecule is Cc1nn(Cc2c(Cl)cccc2Cl)c2sc(C(=O)NCc3ccc(=O)[nH]c3)cc12. The standard InChI is InChI=1S/C20H16Cl2N4O2S/c1-11-13-7-17(19(28)24-9-12-5-6-18(27)23-8-12)29-20(13)26(25-11)10-14-15(21)3-2-4-16(14)22/h2-8H,9-10H2,1H3,(H,23,27)(H,24,28). The first kappa shape index (κ1) is 19.7. The minimum atomic E-state index is -0.181. The number of aromatic nitrogens is 3. The number of hydrogen-bond donors (Lipinski definition) is 2. The summed E-state index contributed by atoms with van der Waals surface area (Å²) in [6.07, 6.45) is 1.59. The third-order valence-corrected chi connectivity index (χ3v) is 6.36. The first-order valence-electron chi connectivity index (χ1n) is 8.78. The predicted octanol–water partition coefficient (Wildman–Crippen LogP) is 4.38. The summed E-state index contributed by atoms with van der Waals surface area (Å²) in [6.45, 7) is 2.65. The number of nitrogens with zero attached hydrogens (tertiary/aromatic N) is 2. The number of amides is 1. The molecule has 0 atom stereocenters. The average Bonchev–Trinajstić information content (AvgIpc) is 3.25. The van der Waals surface area contributed by atoms with Crippen LogP contribution in [0.5, 0.6) is 0 Å². The second-order valence-corrected chi connectivity index (χ2v) is 8.36. The molecule has 0 saturated carbocycles. The number of hydrogen-bond acceptors (Lipinski definition) is 4. The van der Waals surface area contributed by atoms with E-state index in [-0.39, 0.29) is 11.5 Å². The summed E-state index contributed by atoms with van der Waals surface area (Å²) < 4.78 is 1.82. The minimum absolute atomic E-state index is 0.178. The summed E-state index contributed by atoms with van der Waals surface area (Å²) in [5, 5.41) is 9.52. The van der Waals surface area contributed by atoms with Crippen molar-refractivity contribution in [3.05, 3.63) is 84.7 Å². The van der Waals surface area contributed by atoms with Crippen LogP contribution in [0.4, 0.5) is 0 Å². The molecule has 1 amide bonds. The van der Waals surface area contributed by atoms with Gasteiger partial charge >= 0.3 is 0 Å². The molecule has 0 aliphatic heterocycles. The lowest BCUT2D eigenvalue weighted by atomic mass is 10.2. The molecule has 0 aliphatic carbocycles. The fourth-order valence-electron chi connectivity index (χ4n) is 2.99. The molecular formula is C20H16Cl2N4O2S. The molecule has 4 rings (SSSR count). The molecule has 4 aromatic rings. The van der Waals surface area contributed by atoms with Crippen LogP contribution in [0.2, 0.25) is 10.0 Å². The van der Waals surface area contributed by atoms with Crippen LogP contribution in [0.1, 0.15) is 26.5 Å². The van der Waals surface area contributed by atoms with Crippen LogP contribution in [0.3, 0.4) is 0 Å². The van der Waals surface area contributed by atoms with Crippen molar-refractivity contribution in [2.75, 3.05) is 0 Å². The minimum Gasteiger partial charge on any atom is -0.347 e. The molecule has 0 saturated heterocycles. The molecule has 3 aromatic heterocycles. The zero-order valence-electron chi connectivity index (χ0n) is 15.3. The Morgan fingerprint density at radius 1 is 1.24 bits per heavy atom. The summed E-state index contributed by atoms with van der Waals surface area (Å²) in [6, 6.07) is 10.3. The molecule has 148 valence electrons. The second kappa shape index (κ2) is 8.02. The van der Waals surface area contributed by atoms with Gasteiger partial charge in [0.25, 0.3) is 5.91 Å². The van der Waals surface area contributed by atoms with Crippen LogP contribution < -0.4 is 10.9 Å². The van der Waals surface area contributed by atoms with Gasteiger partial charge < -0.3 is 10.3 Å². The topological polar surface area (TPSA) is 79.8 Å². The van der Waals surface area contributed by atoms with Gasteiger partial charge in [-0.2, -0.15) is 5.10 Å². The number of benzene rings is 1. The van der Waals surface area contributed by atoms with E-state index in [9.17, 15) is 9.59 Å². The highest BCUT2D eigenvalue weighted by molar-refractivity contribution is 7.20. The van der Waals surface area contributed by atoms with Gasteiger partial charge in [-0.15, -0.1) is 11.3 Å². The highest BCUT2D eigenvalue weighted by Gasteiger charge is 2.17. The second-order valence-electron chi connectivity index (χ2n) is 6.52. The van der Waals surface area contributed by atoms with Gasteiger partial charge in [0.1, 0.15) is 4.83 Å². The van der Waals surface area contributed by atoms with Crippen molar-refractivity contribution in [3.8, 4) is 0 Å². The third-order valence-electron chi connectivity index (χ3n) is 4.50. The van der Waals surface area contributed by atoms with Crippen LogP contribution in [0, 0.1) is 6.92 Å². The molecule has 0 radical (unpaired) electrons. The Kier molecular flexibility index (Phi) is 5.45. The lowest BCUT2D eigenvalue weighted by Gasteiger charge is -2.07. The summed E-state index contributed by atoms with van der Waals surface area (Å²) in [5.74, 6) is -0.181. The molecule has 9 heteroatoms. The Morgan fingerprint density at radius 2 is 2.00 bits per heavy atom. The number of thiophene rings is 1. The van der Waals surface area contributed by atoms with Gasteiger partial charge in [-0.05, 0) is 30.7 Å². The van der Waals surface area contributed by atoms with Crippen LogP contribution in [0.15, 0.2) is 47.4 Å². The quantitative estimate of drug-likeness (QED) is 0.477. The highest BCUT2D eigenvalue weighted by atomic mass is 35.5. The zero-order valence-corrected chi connectivity index (χ0v) is 17.7. The molecule has 1 aromatic carbocycles. The molecule has 29 heavy (non-hydrogen) atoms. The van der Waals surface area contributed by atoms with E-state index in [1.807, 2.05) is 17.7 Å². The van der Waals surface area contributed by atoms with Crippen LogP contribution in [-0.4, -0.2) is 20.7 Å². The lowest BCUT2D eigenvalue weighted by Crippen LogP contribution is -2.22. The number of carbonyl (C=O) groups is 1. The Bertz CT molecular complexity index is 1230. The molecular weight excluding hydrogens is 431 g/mol. The number of nitrogens with one attached hydrogen (secondary N) is 2. The molecule has 0 fully saturated rings. The number of fused-ring (bicyclic) bond motifs is 1. The van der Waals surface area contributed by atoms with E-state index >= 15 is 0 Å². The van der Waals surface area contributed by atoms with Crippen molar-refractivity contribution >= 4 is 50.7 Å². The van der Waals surface area contributed by atoms with Crippen LogP contribution in [0.25, 0.3) is 10.2 Å². The van der Waals surface area contributed by atoms with Crippen LogP contribution in [-0.2, 0) is 13.1 Å². The maximum absolute atomic E-state index is 12.6. The molecule has 0 unspecified atom stereocenters. The fourth-order valence-corrected chi connectivity index (χ4v) is 4.58. The molecule has 0 spiro atoms. The Hall–Kier alpha value is -2.61. The summed E-state index contributed by atoms with van der Waals surface area (Å²) in [7, 11) is 0. The summed E-state index contributed by atoms with van der Waals surface area (Å²) in [5.41, 5.74) is 2.26. The predicted molar refractivity (Wildman–Crippen MR) is 116 cm³/mol. The van der Waals surface area contributed by atoms with Crippen LogP contribution >= 0.6 is 34.5 Å². The average molecular weight is 447 g/mol. The van der Waals surface area contributed by atoms with Gasteiger partial charge in [0.05, 0.1) is 17.1 Å². The number of aromatic amines is 1. The van der Waals surface area contributed by atoms with Crippen molar-refractivity contribution in [3.63, 3.8) is 0 Å². The highest BCUT2D eigenvalue weighted by Crippen LogP contribution is 2.31. The van der Waals surface area contributed by atoms with Gasteiger partial charge in [0, 0.05) is 39.8 Å². The van der Waals surface area contributed by atoms with Gasteiger partial charge in [-0.25, -0.2) is 4.68 Å². The van der Waals surface area contributed by atoms with Crippen molar-refractivity contribution in [1.82, 2.24) is 20.1 Å². The van der Waals surface area contributed by atoms with Gasteiger partial charge in [-0.3, -0.25) is 9.59 Å². The molecule has 6 nitrogen and oxygen atoms in total. The number of rotatable bonds is 5. The summed E-state index contributed by atoms with van der Waals surface area (Å²) in [4.78, 5) is 27.8. The first-order valence-corrected chi connectivity index (χ1v) is 10.4. The maximum atomic E-state index is 12.6. The smallest absolute Gasteiger partial charge is 0.261 e. The molecule has 0 bridgehead atoms. The van der Waals surface area contributed by atoms with Crippen molar-refractivity contribution in [2.45, 2.75) is 20.0 Å². The molecule has 3 heterocycles. The third kappa shape index (κ3) is 4.07. The zero-order chi connectivity index (χ0) is 20.5.